The van der Waals surface area contributed by atoms with Crippen LogP contribution in [-0.2, 0) is 4.79 Å². The predicted molar refractivity (Wildman–Crippen MR) is 60.3 cm³/mol. The molecule has 3 nitrogen and oxygen atoms in total. The summed E-state index contributed by atoms with van der Waals surface area (Å²) in [4.78, 5) is 10.6. The molecule has 0 heterocycles. The Morgan fingerprint density at radius 3 is 2.41 bits per heavy atom. The normalized spacial score (nSPS) is 11.4. The minimum absolute atomic E-state index is 0.0145. The number of carbonyl (C=O) groups excluding carboxylic acids is 1. The molecule has 1 rings (SSSR count). The lowest BCUT2D eigenvalue weighted by Gasteiger charge is -2.12. The third-order valence-corrected chi connectivity index (χ3v) is 2.87. The van der Waals surface area contributed by atoms with Gasteiger partial charge in [-0.15, -0.1) is 0 Å². The fourth-order valence-corrected chi connectivity index (χ4v) is 2.08. The molecule has 0 amide bonds. The Balaban J connectivity index is 3.17. The Labute approximate surface area is 112 Å². The summed E-state index contributed by atoms with van der Waals surface area (Å²) in [6.45, 7) is 0. The van der Waals surface area contributed by atoms with Crippen molar-refractivity contribution in [2.75, 3.05) is 5.73 Å². The average Bonchev–Trinajstić information content (AvgIpc) is 2.19. The summed E-state index contributed by atoms with van der Waals surface area (Å²) in [6.07, 6.45) is -5.13. The van der Waals surface area contributed by atoms with Gasteiger partial charge in [-0.25, -0.2) is 4.79 Å². The minimum atomic E-state index is -5.13. The number of halogens is 6. The molecule has 0 spiro atoms. The second kappa shape index (κ2) is 4.91. The molecule has 0 saturated carbocycles. The second-order valence-electron chi connectivity index (χ2n) is 2.78. The average molecular weight is 353 g/mol. The molecule has 0 radical (unpaired) electrons. The van der Waals surface area contributed by atoms with E-state index in [0.29, 0.717) is 0 Å². The van der Waals surface area contributed by atoms with Crippen LogP contribution in [0.4, 0.5) is 18.9 Å². The van der Waals surface area contributed by atoms with Gasteiger partial charge >= 0.3 is 12.1 Å². The smallest absolute Gasteiger partial charge is 0.417 e. The second-order valence-corrected chi connectivity index (χ2v) is 4.42. The van der Waals surface area contributed by atoms with Crippen molar-refractivity contribution >= 4 is 50.8 Å². The molecule has 9 heteroatoms. The standard InChI is InChI=1S/C8H3BrCl2F3NO2/c9-2-1-3(10)5(15)4(11)6(2)17-7(16)8(12,13)14/h1H,15H2. The molecule has 0 aliphatic carbocycles. The summed E-state index contributed by atoms with van der Waals surface area (Å²) in [5, 5.41) is -0.351. The summed E-state index contributed by atoms with van der Waals surface area (Å²) in [5.74, 6) is -2.93. The lowest BCUT2D eigenvalue weighted by molar-refractivity contribution is -0.189. The highest BCUT2D eigenvalue weighted by Crippen LogP contribution is 2.42. The third kappa shape index (κ3) is 3.17. The van der Waals surface area contributed by atoms with Crippen LogP contribution in [0.1, 0.15) is 0 Å². The molecule has 0 bridgehead atoms. The highest BCUT2D eigenvalue weighted by Gasteiger charge is 2.42. The largest absolute Gasteiger partial charge is 0.491 e. The summed E-state index contributed by atoms with van der Waals surface area (Å²) < 4.78 is 40.0. The minimum Gasteiger partial charge on any atom is -0.417 e. The Kier molecular flexibility index (Phi) is 4.16. The van der Waals surface area contributed by atoms with Gasteiger partial charge in [0, 0.05) is 0 Å². The number of rotatable bonds is 1. The molecule has 1 aromatic rings. The molecule has 2 N–H and O–H groups in total. The van der Waals surface area contributed by atoms with Gasteiger partial charge in [-0.3, -0.25) is 0 Å². The Hall–Kier alpha value is -0.660. The van der Waals surface area contributed by atoms with Crippen LogP contribution < -0.4 is 10.5 Å². The van der Waals surface area contributed by atoms with Crippen LogP contribution in [0.2, 0.25) is 10.0 Å². The van der Waals surface area contributed by atoms with Crippen LogP contribution in [0, 0.1) is 0 Å². The third-order valence-electron chi connectivity index (χ3n) is 1.59. The van der Waals surface area contributed by atoms with E-state index in [2.05, 4.69) is 20.7 Å². The van der Waals surface area contributed by atoms with Crippen molar-refractivity contribution in [2.24, 2.45) is 0 Å². The number of nitrogens with two attached hydrogens (primary N) is 1. The van der Waals surface area contributed by atoms with Crippen molar-refractivity contribution < 1.29 is 22.7 Å². The number of anilines is 1. The fourth-order valence-electron chi connectivity index (χ4n) is 0.831. The van der Waals surface area contributed by atoms with E-state index in [4.69, 9.17) is 28.9 Å². The maximum Gasteiger partial charge on any atom is 0.491 e. The molecular formula is C8H3BrCl2F3NO2. The summed E-state index contributed by atoms with van der Waals surface area (Å²) in [6, 6.07) is 1.17. The Bertz CT molecular complexity index is 479. The molecule has 1 aromatic carbocycles. The first-order valence-electron chi connectivity index (χ1n) is 3.86. The zero-order valence-corrected chi connectivity index (χ0v) is 10.8. The first-order chi connectivity index (χ1) is 7.64. The van der Waals surface area contributed by atoms with Crippen LogP contribution in [0.5, 0.6) is 5.75 Å². The fraction of sp³-hybridized carbons (Fsp3) is 0.125. The van der Waals surface area contributed by atoms with Gasteiger partial charge in [0.25, 0.3) is 0 Å². The number of esters is 1. The SMILES string of the molecule is Nc1c(Cl)cc(Br)c(OC(=O)C(F)(F)F)c1Cl. The molecule has 0 aliphatic rings. The van der Waals surface area contributed by atoms with Crippen LogP contribution in [0.3, 0.4) is 0 Å². The van der Waals surface area contributed by atoms with Gasteiger partial charge in [-0.05, 0) is 22.0 Å². The van der Waals surface area contributed by atoms with E-state index in [0.717, 1.165) is 0 Å². The van der Waals surface area contributed by atoms with Crippen molar-refractivity contribution in [3.8, 4) is 5.75 Å². The van der Waals surface area contributed by atoms with E-state index >= 15 is 0 Å². The number of hydrogen-bond acceptors (Lipinski definition) is 3. The topological polar surface area (TPSA) is 52.3 Å². The van der Waals surface area contributed by atoms with Gasteiger partial charge in [0.2, 0.25) is 0 Å². The first kappa shape index (κ1) is 14.4. The van der Waals surface area contributed by atoms with E-state index in [1.165, 1.54) is 6.07 Å². The van der Waals surface area contributed by atoms with Gasteiger partial charge < -0.3 is 10.5 Å². The summed E-state index contributed by atoms with van der Waals surface area (Å²) >= 11 is 14.1. The van der Waals surface area contributed by atoms with Crippen molar-refractivity contribution in [3.05, 3.63) is 20.6 Å². The highest BCUT2D eigenvalue weighted by molar-refractivity contribution is 9.10. The van der Waals surface area contributed by atoms with Gasteiger partial charge in [-0.2, -0.15) is 13.2 Å². The lowest BCUT2D eigenvalue weighted by atomic mass is 10.3. The molecule has 0 atom stereocenters. The molecular weight excluding hydrogens is 350 g/mol. The maximum atomic E-state index is 12.0. The van der Waals surface area contributed by atoms with E-state index in [-0.39, 0.29) is 20.2 Å². The Morgan fingerprint density at radius 1 is 1.41 bits per heavy atom. The highest BCUT2D eigenvalue weighted by atomic mass is 79.9. The number of ether oxygens (including phenoxy) is 1. The van der Waals surface area contributed by atoms with Gasteiger partial charge in [0.1, 0.15) is 5.02 Å². The molecule has 94 valence electrons. The number of carbonyl (C=O) groups is 1. The van der Waals surface area contributed by atoms with Crippen molar-refractivity contribution in [2.45, 2.75) is 6.18 Å². The van der Waals surface area contributed by atoms with Crippen molar-refractivity contribution in [1.29, 1.82) is 0 Å². The van der Waals surface area contributed by atoms with E-state index in [9.17, 15) is 18.0 Å². The number of nitrogen functional groups attached to an aromatic ring is 1. The van der Waals surface area contributed by atoms with Crippen LogP contribution in [-0.4, -0.2) is 12.1 Å². The maximum absolute atomic E-state index is 12.0. The number of benzene rings is 1. The number of hydrogen-bond donors (Lipinski definition) is 1. The molecule has 0 fully saturated rings. The molecule has 17 heavy (non-hydrogen) atoms. The van der Waals surface area contributed by atoms with Gasteiger partial charge in [0.15, 0.2) is 5.75 Å². The van der Waals surface area contributed by atoms with Crippen molar-refractivity contribution in [3.63, 3.8) is 0 Å². The zero-order valence-electron chi connectivity index (χ0n) is 7.74. The number of alkyl halides is 3. The zero-order chi connectivity index (χ0) is 13.4. The van der Waals surface area contributed by atoms with Crippen LogP contribution >= 0.6 is 39.1 Å². The lowest BCUT2D eigenvalue weighted by Crippen LogP contribution is -2.28. The van der Waals surface area contributed by atoms with Gasteiger partial charge in [-0.1, -0.05) is 23.2 Å². The molecule has 0 unspecified atom stereocenters. The summed E-state index contributed by atoms with van der Waals surface area (Å²) in [7, 11) is 0. The molecule has 0 aromatic heterocycles. The quantitative estimate of drug-likeness (QED) is 0.475. The van der Waals surface area contributed by atoms with Crippen molar-refractivity contribution in [1.82, 2.24) is 0 Å². The predicted octanol–water partition coefficient (Wildman–Crippen LogP) is 3.81. The van der Waals surface area contributed by atoms with Crippen LogP contribution in [0.15, 0.2) is 10.5 Å². The monoisotopic (exact) mass is 351 g/mol. The van der Waals surface area contributed by atoms with E-state index < -0.39 is 17.9 Å². The molecule has 0 aliphatic heterocycles. The van der Waals surface area contributed by atoms with Gasteiger partial charge in [0.05, 0.1) is 15.2 Å². The summed E-state index contributed by atoms with van der Waals surface area (Å²) in [5.41, 5.74) is 5.20. The van der Waals surface area contributed by atoms with E-state index in [1.807, 2.05) is 0 Å². The first-order valence-corrected chi connectivity index (χ1v) is 5.41. The molecule has 0 saturated heterocycles. The Morgan fingerprint density at radius 2 is 1.94 bits per heavy atom. The van der Waals surface area contributed by atoms with E-state index in [1.54, 1.807) is 0 Å². The van der Waals surface area contributed by atoms with Crippen LogP contribution in [0.25, 0.3) is 0 Å².